The number of carbonyl (C=O) groups is 1. The second-order valence-electron chi connectivity index (χ2n) is 9.01. The van der Waals surface area contributed by atoms with E-state index in [1.54, 1.807) is 12.3 Å². The van der Waals surface area contributed by atoms with E-state index in [1.165, 1.54) is 22.3 Å². The van der Waals surface area contributed by atoms with Gasteiger partial charge in [0.15, 0.2) is 0 Å². The van der Waals surface area contributed by atoms with E-state index >= 15 is 0 Å². The first-order valence-electron chi connectivity index (χ1n) is 12.2. The van der Waals surface area contributed by atoms with Crippen molar-refractivity contribution in [2.24, 2.45) is 0 Å². The maximum absolute atomic E-state index is 12.8. The van der Waals surface area contributed by atoms with E-state index in [2.05, 4.69) is 76.1 Å². The van der Waals surface area contributed by atoms with Gasteiger partial charge in [-0.2, -0.15) is 0 Å². The van der Waals surface area contributed by atoms with Crippen LogP contribution in [-0.2, 0) is 11.2 Å². The lowest BCUT2D eigenvalue weighted by atomic mass is 9.98. The van der Waals surface area contributed by atoms with Crippen LogP contribution < -0.4 is 10.6 Å². The fourth-order valence-corrected chi connectivity index (χ4v) is 4.47. The van der Waals surface area contributed by atoms with Gasteiger partial charge >= 0.3 is 0 Å². The monoisotopic (exact) mass is 466 g/mol. The zero-order valence-corrected chi connectivity index (χ0v) is 20.0. The molecule has 6 nitrogen and oxygen atoms in total. The normalized spacial score (nSPS) is 14.1. The summed E-state index contributed by atoms with van der Waals surface area (Å²) in [4.78, 5) is 21.9. The number of nitrogens with zero attached hydrogens (tertiary/aromatic N) is 2. The number of benzene rings is 2. The summed E-state index contributed by atoms with van der Waals surface area (Å²) in [6, 6.07) is 22.8. The number of fused-ring (bicyclic) bond motifs is 1. The van der Waals surface area contributed by atoms with E-state index < -0.39 is 0 Å². The van der Waals surface area contributed by atoms with Crippen molar-refractivity contribution in [1.82, 2.24) is 15.3 Å². The maximum atomic E-state index is 12.8. The number of pyridine rings is 2. The molecule has 2 N–H and O–H groups in total. The summed E-state index contributed by atoms with van der Waals surface area (Å²) >= 11 is 0. The van der Waals surface area contributed by atoms with Crippen LogP contribution in [0.1, 0.15) is 34.5 Å². The highest BCUT2D eigenvalue weighted by molar-refractivity contribution is 5.95. The molecule has 0 bridgehead atoms. The molecule has 5 rings (SSSR count). The minimum absolute atomic E-state index is 0.169. The van der Waals surface area contributed by atoms with Gasteiger partial charge in [0, 0.05) is 43.4 Å². The summed E-state index contributed by atoms with van der Waals surface area (Å²) in [5, 5.41) is 7.39. The third-order valence-electron chi connectivity index (χ3n) is 6.46. The first-order chi connectivity index (χ1) is 17.2. The maximum Gasteiger partial charge on any atom is 0.269 e. The number of hydrogen-bond acceptors (Lipinski definition) is 5. The van der Waals surface area contributed by atoms with Gasteiger partial charge in [-0.05, 0) is 60.6 Å². The Morgan fingerprint density at radius 3 is 2.74 bits per heavy atom. The van der Waals surface area contributed by atoms with Crippen molar-refractivity contribution < 1.29 is 9.53 Å². The molecule has 0 radical (unpaired) electrons. The van der Waals surface area contributed by atoms with Crippen LogP contribution >= 0.6 is 0 Å². The van der Waals surface area contributed by atoms with Gasteiger partial charge in [0.2, 0.25) is 0 Å². The number of aryl methyl sites for hydroxylation is 1. The van der Waals surface area contributed by atoms with Crippen LogP contribution in [-0.4, -0.2) is 41.7 Å². The van der Waals surface area contributed by atoms with Crippen LogP contribution in [0.2, 0.25) is 0 Å². The van der Waals surface area contributed by atoms with Crippen molar-refractivity contribution in [1.29, 1.82) is 0 Å². The third-order valence-corrected chi connectivity index (χ3v) is 6.46. The summed E-state index contributed by atoms with van der Waals surface area (Å²) < 4.78 is 5.42. The molecular formula is C29H30N4O2. The first-order valence-corrected chi connectivity index (χ1v) is 12.2. The highest BCUT2D eigenvalue weighted by Crippen LogP contribution is 2.24. The van der Waals surface area contributed by atoms with E-state index in [1.807, 2.05) is 12.1 Å². The number of carbonyl (C=O) groups excluding carboxylic acids is 1. The molecule has 1 aliphatic heterocycles. The Morgan fingerprint density at radius 1 is 1.03 bits per heavy atom. The molecule has 0 unspecified atom stereocenters. The molecule has 0 spiro atoms. The number of anilines is 1. The van der Waals surface area contributed by atoms with Crippen LogP contribution in [0.15, 0.2) is 72.9 Å². The fourth-order valence-electron chi connectivity index (χ4n) is 4.47. The molecule has 1 fully saturated rings. The Balaban J connectivity index is 1.22. The second-order valence-corrected chi connectivity index (χ2v) is 9.01. The molecule has 3 heterocycles. The third kappa shape index (κ3) is 5.66. The van der Waals surface area contributed by atoms with Crippen LogP contribution in [0.5, 0.6) is 0 Å². The van der Waals surface area contributed by atoms with E-state index in [-0.39, 0.29) is 5.91 Å². The number of hydrogen-bond donors (Lipinski definition) is 2. The number of aromatic nitrogens is 2. The van der Waals surface area contributed by atoms with Crippen LogP contribution in [0.4, 0.5) is 5.82 Å². The van der Waals surface area contributed by atoms with Gasteiger partial charge in [0.1, 0.15) is 11.5 Å². The van der Waals surface area contributed by atoms with E-state index in [4.69, 9.17) is 4.74 Å². The molecule has 0 aliphatic carbocycles. The number of ether oxygens (including phenoxy) is 1. The van der Waals surface area contributed by atoms with Crippen LogP contribution in [0.3, 0.4) is 0 Å². The van der Waals surface area contributed by atoms with Gasteiger partial charge in [-0.15, -0.1) is 0 Å². The summed E-state index contributed by atoms with van der Waals surface area (Å²) in [5.74, 6) is 0.612. The highest BCUT2D eigenvalue weighted by atomic mass is 16.5. The molecule has 1 saturated heterocycles. The Bertz CT molecular complexity index is 1330. The highest BCUT2D eigenvalue weighted by Gasteiger charge is 2.15. The van der Waals surface area contributed by atoms with Crippen LogP contribution in [0.25, 0.3) is 22.0 Å². The lowest BCUT2D eigenvalue weighted by Gasteiger charge is -2.23. The molecule has 1 amide bonds. The van der Waals surface area contributed by atoms with Crippen molar-refractivity contribution in [2.45, 2.75) is 32.2 Å². The lowest BCUT2D eigenvalue weighted by Crippen LogP contribution is -2.28. The molecule has 6 heteroatoms. The molecule has 178 valence electrons. The van der Waals surface area contributed by atoms with E-state index in [9.17, 15) is 4.79 Å². The molecule has 2 aromatic carbocycles. The van der Waals surface area contributed by atoms with Crippen molar-refractivity contribution >= 4 is 22.6 Å². The average molecular weight is 467 g/mol. The molecule has 0 atom stereocenters. The molecule has 4 aromatic rings. The Morgan fingerprint density at radius 2 is 1.89 bits per heavy atom. The van der Waals surface area contributed by atoms with Crippen molar-refractivity contribution in [3.63, 3.8) is 0 Å². The summed E-state index contributed by atoms with van der Waals surface area (Å²) in [6.45, 7) is 4.20. The smallest absolute Gasteiger partial charge is 0.269 e. The summed E-state index contributed by atoms with van der Waals surface area (Å²) in [7, 11) is 0. The van der Waals surface area contributed by atoms with Crippen molar-refractivity contribution in [2.75, 3.05) is 25.1 Å². The van der Waals surface area contributed by atoms with Gasteiger partial charge in [-0.25, -0.2) is 9.97 Å². The van der Waals surface area contributed by atoms with E-state index in [0.29, 0.717) is 18.3 Å². The molecule has 35 heavy (non-hydrogen) atoms. The molecule has 0 saturated carbocycles. The van der Waals surface area contributed by atoms with Crippen molar-refractivity contribution in [3.8, 4) is 11.1 Å². The SMILES string of the molecule is Cc1ccccc1-c1cccc(CCNC(=O)c2ccc3cnc(NC4CCOCC4)cc3n2)c1. The van der Waals surface area contributed by atoms with Gasteiger partial charge in [-0.3, -0.25) is 4.79 Å². The average Bonchev–Trinajstić information content (AvgIpc) is 2.89. The Kier molecular flexibility index (Phi) is 7.00. The van der Waals surface area contributed by atoms with Gasteiger partial charge in [0.05, 0.1) is 5.52 Å². The lowest BCUT2D eigenvalue weighted by molar-refractivity contribution is 0.0903. The largest absolute Gasteiger partial charge is 0.381 e. The standard InChI is InChI=1S/C29H30N4O2/c1-20-5-2-3-8-25(20)22-7-4-6-21(17-22)11-14-30-29(34)26-10-9-23-19-31-28(18-27(23)33-26)32-24-12-15-35-16-13-24/h2-10,17-19,24H,11-16H2,1H3,(H,30,34)(H,31,32). The minimum Gasteiger partial charge on any atom is -0.381 e. The number of amides is 1. The zero-order valence-electron chi connectivity index (χ0n) is 20.0. The predicted molar refractivity (Wildman–Crippen MR) is 140 cm³/mol. The van der Waals surface area contributed by atoms with Gasteiger partial charge < -0.3 is 15.4 Å². The minimum atomic E-state index is -0.169. The van der Waals surface area contributed by atoms with Gasteiger partial charge in [-0.1, -0.05) is 48.5 Å². The fraction of sp³-hybridized carbons (Fsp3) is 0.276. The number of nitrogens with one attached hydrogen (secondary N) is 2. The number of rotatable bonds is 7. The molecule has 2 aromatic heterocycles. The molecule has 1 aliphatic rings. The van der Waals surface area contributed by atoms with Crippen LogP contribution in [0, 0.1) is 6.92 Å². The predicted octanol–water partition coefficient (Wildman–Crippen LogP) is 5.17. The summed E-state index contributed by atoms with van der Waals surface area (Å²) in [5.41, 5.74) is 6.04. The van der Waals surface area contributed by atoms with Gasteiger partial charge in [0.25, 0.3) is 5.91 Å². The first kappa shape index (κ1) is 23.0. The Labute approximate surface area is 205 Å². The molecular weight excluding hydrogens is 436 g/mol. The topological polar surface area (TPSA) is 76.1 Å². The quantitative estimate of drug-likeness (QED) is 0.393. The second kappa shape index (κ2) is 10.7. The Hall–Kier alpha value is -3.77. The zero-order chi connectivity index (χ0) is 24.0. The summed E-state index contributed by atoms with van der Waals surface area (Å²) in [6.07, 6.45) is 4.47. The van der Waals surface area contributed by atoms with Crippen molar-refractivity contribution in [3.05, 3.63) is 89.7 Å². The van der Waals surface area contributed by atoms with E-state index in [0.717, 1.165) is 49.2 Å².